The minimum Gasteiger partial charge on any atom is -0.308 e. The van der Waals surface area contributed by atoms with Crippen LogP contribution in [-0.4, -0.2) is 8.59 Å². The van der Waals surface area contributed by atoms with E-state index < -0.39 is 22.9 Å². The van der Waals surface area contributed by atoms with Gasteiger partial charge in [-0.3, -0.25) is 0 Å². The summed E-state index contributed by atoms with van der Waals surface area (Å²) in [5.41, 5.74) is 5.22. The second-order valence-electron chi connectivity index (χ2n) is 13.8. The number of alkyl halides is 6. The first-order valence-corrected chi connectivity index (χ1v) is 30.7. The van der Waals surface area contributed by atoms with Crippen molar-refractivity contribution in [3.63, 3.8) is 0 Å². The topological polar surface area (TPSA) is 34.1 Å². The Labute approximate surface area is 408 Å². The van der Waals surface area contributed by atoms with Gasteiger partial charge in [-0.2, -0.15) is 0 Å². The van der Waals surface area contributed by atoms with E-state index in [-0.39, 0.29) is 0 Å². The van der Waals surface area contributed by atoms with Gasteiger partial charge in [-0.1, -0.05) is 130 Å². The predicted molar refractivity (Wildman–Crippen MR) is 284 cm³/mol. The molecule has 10 aromatic rings. The van der Waals surface area contributed by atoms with E-state index in [0.29, 0.717) is 0 Å². The van der Waals surface area contributed by atoms with Gasteiger partial charge < -0.3 is 9.13 Å². The highest BCUT2D eigenvalue weighted by atomic mass is 35.6. The Morgan fingerprint density at radius 3 is 0.817 bits per heavy atom. The molecule has 0 radical (unpaired) electrons. The Hall–Kier alpha value is -0.720. The number of hydrogen-bond donors (Lipinski definition) is 0. The van der Waals surface area contributed by atoms with Crippen LogP contribution >= 0.6 is 175 Å². The molecular formula is C42H28Cl6O2P2S8. The fourth-order valence-electron chi connectivity index (χ4n) is 7.68. The molecule has 0 saturated heterocycles. The highest BCUT2D eigenvalue weighted by Gasteiger charge is 2.48. The van der Waals surface area contributed by atoms with E-state index in [4.69, 9.17) is 69.6 Å². The number of fused-ring (bicyclic) bond motifs is 14. The van der Waals surface area contributed by atoms with Gasteiger partial charge in [-0.05, 0) is 71.5 Å². The third-order valence-electron chi connectivity index (χ3n) is 10.1. The molecule has 0 fully saturated rings. The highest BCUT2D eigenvalue weighted by Crippen LogP contribution is 2.63. The number of thiophene rings is 8. The third kappa shape index (κ3) is 7.15. The normalized spacial score (nSPS) is 14.2. The lowest BCUT2D eigenvalue weighted by Crippen LogP contribution is -2.19. The summed E-state index contributed by atoms with van der Waals surface area (Å²) in [5, 5.41) is 15.2. The second-order valence-corrected chi connectivity index (χ2v) is 30.6. The van der Waals surface area contributed by atoms with Gasteiger partial charge in [0.15, 0.2) is 22.9 Å². The van der Waals surface area contributed by atoms with E-state index in [1.807, 2.05) is 106 Å². The number of hydrogen-bond acceptors (Lipinski definition) is 10. The first-order chi connectivity index (χ1) is 28.7. The van der Waals surface area contributed by atoms with Crippen LogP contribution in [0.15, 0.2) is 82.2 Å². The van der Waals surface area contributed by atoms with Crippen LogP contribution in [0.5, 0.6) is 0 Å². The lowest BCUT2D eigenvalue weighted by atomic mass is 10.3. The molecular weight excluding hydrogens is 1070 g/mol. The van der Waals surface area contributed by atoms with Gasteiger partial charge in [0.2, 0.25) is 0 Å². The van der Waals surface area contributed by atoms with E-state index in [9.17, 15) is 9.13 Å². The lowest BCUT2D eigenvalue weighted by molar-refractivity contribution is 0.592. The molecule has 0 spiro atoms. The molecule has 10 heterocycles. The molecule has 2 aliphatic heterocycles. The summed E-state index contributed by atoms with van der Waals surface area (Å²) in [5.74, 6) is 0. The minimum atomic E-state index is -2.83. The summed E-state index contributed by atoms with van der Waals surface area (Å²) in [6.45, 7) is 8.65. The molecule has 8 aromatic heterocycles. The number of halogens is 6. The third-order valence-corrected chi connectivity index (χ3v) is 28.3. The van der Waals surface area contributed by atoms with Crippen molar-refractivity contribution in [1.29, 1.82) is 0 Å². The molecule has 0 unspecified atom stereocenters. The van der Waals surface area contributed by atoms with Crippen LogP contribution in [0.3, 0.4) is 0 Å². The number of aryl methyl sites for hydroxylation is 4. The molecule has 18 heteroatoms. The van der Waals surface area contributed by atoms with Gasteiger partial charge in [0.1, 0.15) is 0 Å². The molecule has 0 N–H and O–H groups in total. The Balaban J connectivity index is 0.000000131. The zero-order valence-corrected chi connectivity index (χ0v) is 44.3. The molecule has 0 bridgehead atoms. The average Bonchev–Trinajstić information content (AvgIpc) is 4.07. The predicted octanol–water partition coefficient (Wildman–Crippen LogP) is 16.9. The van der Waals surface area contributed by atoms with Crippen molar-refractivity contribution in [2.24, 2.45) is 0 Å². The molecule has 2 nitrogen and oxygen atoms in total. The summed E-state index contributed by atoms with van der Waals surface area (Å²) in [6.07, 6.45) is 0. The van der Waals surface area contributed by atoms with Gasteiger partial charge in [-0.15, -0.1) is 90.7 Å². The second kappa shape index (κ2) is 17.3. The van der Waals surface area contributed by atoms with Crippen molar-refractivity contribution in [2.45, 2.75) is 36.3 Å². The van der Waals surface area contributed by atoms with E-state index >= 15 is 0 Å². The molecule has 0 saturated carbocycles. The van der Waals surface area contributed by atoms with Crippen LogP contribution in [0.1, 0.15) is 22.3 Å². The number of rotatable bonds is 2. The van der Waals surface area contributed by atoms with Gasteiger partial charge >= 0.3 is 0 Å². The Kier molecular flexibility index (Phi) is 12.8. The molecule has 0 aliphatic carbocycles. The first kappa shape index (κ1) is 44.5. The summed E-state index contributed by atoms with van der Waals surface area (Å²) < 4.78 is 38.4. The summed E-state index contributed by atoms with van der Waals surface area (Å²) >= 11 is 43.2. The van der Waals surface area contributed by atoms with Crippen LogP contribution in [0, 0.1) is 27.7 Å². The highest BCUT2D eigenvalue weighted by molar-refractivity contribution is 7.90. The van der Waals surface area contributed by atoms with Gasteiger partial charge in [0.05, 0.1) is 59.5 Å². The molecule has 60 heavy (non-hydrogen) atoms. The van der Waals surface area contributed by atoms with Gasteiger partial charge in [0, 0.05) is 29.4 Å². The Morgan fingerprint density at radius 1 is 0.383 bits per heavy atom. The monoisotopic (exact) mass is 1090 g/mol. The summed E-state index contributed by atoms with van der Waals surface area (Å²) in [4.78, 5) is 5.02. The van der Waals surface area contributed by atoms with Gasteiger partial charge in [-0.25, -0.2) is 0 Å². The first-order valence-electron chi connectivity index (χ1n) is 17.9. The van der Waals surface area contributed by atoms with E-state index in [1.54, 1.807) is 45.3 Å². The summed E-state index contributed by atoms with van der Waals surface area (Å²) in [7, 11) is -5.66. The van der Waals surface area contributed by atoms with E-state index in [1.165, 1.54) is 79.4 Å². The minimum absolute atomic E-state index is 0.750. The van der Waals surface area contributed by atoms with Crippen LogP contribution in [0.25, 0.3) is 57.1 Å². The molecule has 0 atom stereocenters. The maximum absolute atomic E-state index is 14.9. The zero-order valence-electron chi connectivity index (χ0n) is 31.5. The maximum Gasteiger partial charge on any atom is 0.180 e. The van der Waals surface area contributed by atoms with Crippen molar-refractivity contribution in [3.8, 4) is 19.5 Å². The Bertz CT molecular complexity index is 2930. The van der Waals surface area contributed by atoms with Crippen molar-refractivity contribution >= 4 is 244 Å². The standard InChI is InChI=1S/2C20H13OPS4.2CHCl3/c2*1-10-8-23-17-13-19(25-15(10)17)20-14(18-16(26-20)11(2)9-24-18)22(13,21)12-6-4-3-5-7-12;2*2-1(3)4/h2*3-9H,1-2H3;2*1H. The maximum atomic E-state index is 14.9. The fraction of sp³-hybridized carbons (Fsp3) is 0.143. The molecule has 308 valence electrons. The zero-order chi connectivity index (χ0) is 42.4. The SMILES string of the molecule is Cc1csc2c3c(sc12)-c1sc2c(C)csc2c1P3(=O)c1ccccc1.Cc1csc2c3c(sc12)-c1sc2c(C)csc2c1P3(=O)c1ccccc1.ClC(Cl)Cl.ClC(Cl)Cl. The molecule has 2 aliphatic rings. The van der Waals surface area contributed by atoms with Crippen molar-refractivity contribution in [1.82, 2.24) is 0 Å². The quantitative estimate of drug-likeness (QED) is 0.128. The molecule has 2 aromatic carbocycles. The molecule has 12 rings (SSSR count). The average molecular weight is 1100 g/mol. The van der Waals surface area contributed by atoms with Crippen molar-refractivity contribution in [2.75, 3.05) is 0 Å². The van der Waals surface area contributed by atoms with Crippen LogP contribution in [0.2, 0.25) is 0 Å². The largest absolute Gasteiger partial charge is 0.308 e. The van der Waals surface area contributed by atoms with E-state index in [0.717, 1.165) is 31.8 Å². The lowest BCUT2D eigenvalue weighted by Gasteiger charge is -2.14. The van der Waals surface area contributed by atoms with Gasteiger partial charge in [0.25, 0.3) is 0 Å². The van der Waals surface area contributed by atoms with E-state index in [2.05, 4.69) is 49.2 Å². The smallest absolute Gasteiger partial charge is 0.180 e. The van der Waals surface area contributed by atoms with Crippen molar-refractivity contribution < 1.29 is 9.13 Å². The molecule has 0 amide bonds. The Morgan fingerprint density at radius 2 is 0.600 bits per heavy atom. The van der Waals surface area contributed by atoms with Crippen molar-refractivity contribution in [3.05, 3.63) is 104 Å². The fourth-order valence-corrected chi connectivity index (χ4v) is 28.2. The summed E-state index contributed by atoms with van der Waals surface area (Å²) in [6, 6.07) is 20.3. The number of benzene rings is 2. The van der Waals surface area contributed by atoms with Crippen LogP contribution in [-0.2, 0) is 9.13 Å². The van der Waals surface area contributed by atoms with Crippen LogP contribution in [0.4, 0.5) is 0 Å². The van der Waals surface area contributed by atoms with Crippen LogP contribution < -0.4 is 31.8 Å².